The maximum absolute atomic E-state index is 12.6. The van der Waals surface area contributed by atoms with Gasteiger partial charge in [-0.05, 0) is 11.5 Å². The first kappa shape index (κ1) is 13.6. The zero-order valence-electron chi connectivity index (χ0n) is 10.7. The minimum atomic E-state index is -4.43. The van der Waals surface area contributed by atoms with Gasteiger partial charge in [-0.25, -0.2) is 15.0 Å². The lowest BCUT2D eigenvalue weighted by molar-refractivity contribution is -0.0997. The zero-order valence-corrected chi connectivity index (χ0v) is 10.7. The Labute approximate surface area is 108 Å². The molecule has 0 bridgehead atoms. The average Bonchev–Trinajstić information content (AvgIpc) is 2.71. The Morgan fingerprint density at radius 2 is 1.79 bits per heavy atom. The number of hydrazine groups is 2. The molecule has 8 heteroatoms. The molecular formula is C11H14F3N5. The zero-order chi connectivity index (χ0) is 14.2. The summed E-state index contributed by atoms with van der Waals surface area (Å²) in [5.74, 6) is 0.448. The molecule has 1 aliphatic rings. The smallest absolute Gasteiger partial charge is 0.296 e. The lowest BCUT2D eigenvalue weighted by Gasteiger charge is -2.22. The molecule has 0 radical (unpaired) electrons. The third kappa shape index (κ3) is 2.78. The normalized spacial score (nSPS) is 16.8. The van der Waals surface area contributed by atoms with Crippen LogP contribution in [0, 0.1) is 0 Å². The van der Waals surface area contributed by atoms with Crippen LogP contribution in [0.25, 0.3) is 0 Å². The second-order valence-electron chi connectivity index (χ2n) is 4.49. The lowest BCUT2D eigenvalue weighted by Crippen LogP contribution is -2.41. The second kappa shape index (κ2) is 4.69. The highest BCUT2D eigenvalue weighted by atomic mass is 19.4. The fourth-order valence-corrected chi connectivity index (χ4v) is 1.54. The molecule has 1 aromatic rings. The van der Waals surface area contributed by atoms with Crippen LogP contribution >= 0.6 is 0 Å². The molecule has 0 atom stereocenters. The molecule has 0 fully saturated rings. The number of alkyl halides is 3. The molecule has 0 spiro atoms. The lowest BCUT2D eigenvalue weighted by atomic mass is 10.1. The number of hydrogen-bond donors (Lipinski definition) is 1. The van der Waals surface area contributed by atoms with Gasteiger partial charge in [0.05, 0.1) is 6.20 Å². The largest absolute Gasteiger partial charge is 0.433 e. The molecule has 0 amide bonds. The Bertz CT molecular complexity index is 480. The van der Waals surface area contributed by atoms with Crippen molar-refractivity contribution >= 4 is 5.95 Å². The quantitative estimate of drug-likeness (QED) is 0.894. The molecule has 1 N–H and O–H groups in total. The summed E-state index contributed by atoms with van der Waals surface area (Å²) in [5, 5.41) is 2.38. The van der Waals surface area contributed by atoms with Crippen molar-refractivity contribution in [2.45, 2.75) is 25.9 Å². The Balaban J connectivity index is 2.24. The van der Waals surface area contributed by atoms with Crippen molar-refractivity contribution in [3.63, 3.8) is 0 Å². The first-order valence-corrected chi connectivity index (χ1v) is 5.69. The van der Waals surface area contributed by atoms with E-state index in [1.165, 1.54) is 17.2 Å². The fraction of sp³-hybridized carbons (Fsp3) is 0.455. The maximum atomic E-state index is 12.6. The van der Waals surface area contributed by atoms with E-state index < -0.39 is 11.9 Å². The Kier molecular flexibility index (Phi) is 3.36. The van der Waals surface area contributed by atoms with Crippen LogP contribution in [0.5, 0.6) is 0 Å². The number of allylic oxidation sites excluding steroid dienone is 1. The first-order valence-electron chi connectivity index (χ1n) is 5.69. The molecule has 5 nitrogen and oxygen atoms in total. The van der Waals surface area contributed by atoms with E-state index in [9.17, 15) is 13.2 Å². The van der Waals surface area contributed by atoms with Gasteiger partial charge in [0, 0.05) is 19.4 Å². The van der Waals surface area contributed by atoms with Crippen LogP contribution in [0.3, 0.4) is 0 Å². The van der Waals surface area contributed by atoms with Gasteiger partial charge in [0.2, 0.25) is 5.95 Å². The number of nitrogens with zero attached hydrogens (tertiary/aromatic N) is 4. The molecule has 2 heterocycles. The van der Waals surface area contributed by atoms with Gasteiger partial charge in [0.25, 0.3) is 0 Å². The van der Waals surface area contributed by atoms with E-state index in [0.29, 0.717) is 0 Å². The van der Waals surface area contributed by atoms with E-state index in [0.717, 1.165) is 11.8 Å². The van der Waals surface area contributed by atoms with Crippen molar-refractivity contribution in [1.29, 1.82) is 0 Å². The summed E-state index contributed by atoms with van der Waals surface area (Å²) in [6, 6.07) is 0. The molecule has 0 unspecified atom stereocenters. The van der Waals surface area contributed by atoms with Crippen molar-refractivity contribution in [2.24, 2.45) is 0 Å². The molecule has 1 aliphatic heterocycles. The average molecular weight is 273 g/mol. The van der Waals surface area contributed by atoms with Gasteiger partial charge in [0.1, 0.15) is 0 Å². The summed E-state index contributed by atoms with van der Waals surface area (Å²) in [6.07, 6.45) is -0.286. The standard InChI is InChI=1S/C11H14F3N5/c1-7(2)8-4-15-10(16-5-8)19-6-9(11(12,13)14)17-18(19)3/h4-7,17H,1-3H3. The molecule has 19 heavy (non-hydrogen) atoms. The number of hydrogen-bond acceptors (Lipinski definition) is 5. The van der Waals surface area contributed by atoms with Gasteiger partial charge < -0.3 is 0 Å². The third-order valence-corrected chi connectivity index (χ3v) is 2.69. The summed E-state index contributed by atoms with van der Waals surface area (Å²) in [7, 11) is 1.45. The van der Waals surface area contributed by atoms with Crippen LogP contribution in [0.1, 0.15) is 25.3 Å². The van der Waals surface area contributed by atoms with Crippen LogP contribution in [0.2, 0.25) is 0 Å². The van der Waals surface area contributed by atoms with Crippen LogP contribution in [-0.2, 0) is 0 Å². The molecule has 104 valence electrons. The van der Waals surface area contributed by atoms with Crippen molar-refractivity contribution in [1.82, 2.24) is 20.5 Å². The van der Waals surface area contributed by atoms with Gasteiger partial charge in [-0.2, -0.15) is 13.2 Å². The number of rotatable bonds is 2. The van der Waals surface area contributed by atoms with E-state index in [4.69, 9.17) is 0 Å². The van der Waals surface area contributed by atoms with E-state index in [2.05, 4.69) is 15.4 Å². The number of aromatic nitrogens is 2. The Morgan fingerprint density at radius 3 is 2.21 bits per heavy atom. The molecule has 1 aromatic heterocycles. The molecule has 2 rings (SSSR count). The van der Waals surface area contributed by atoms with E-state index in [1.54, 1.807) is 12.4 Å². The predicted octanol–water partition coefficient (Wildman–Crippen LogP) is 2.18. The molecule has 0 aromatic carbocycles. The first-order chi connectivity index (χ1) is 8.79. The predicted molar refractivity (Wildman–Crippen MR) is 63.6 cm³/mol. The summed E-state index contributed by atoms with van der Waals surface area (Å²) in [4.78, 5) is 8.14. The minimum Gasteiger partial charge on any atom is -0.296 e. The van der Waals surface area contributed by atoms with Crippen molar-refractivity contribution < 1.29 is 13.2 Å². The number of nitrogens with one attached hydrogen (secondary N) is 1. The van der Waals surface area contributed by atoms with Crippen LogP contribution in [0.15, 0.2) is 24.3 Å². The molecule has 0 saturated heterocycles. The number of anilines is 1. The monoisotopic (exact) mass is 273 g/mol. The van der Waals surface area contributed by atoms with Gasteiger partial charge in [-0.15, -0.1) is 5.12 Å². The Morgan fingerprint density at radius 1 is 1.21 bits per heavy atom. The Hall–Kier alpha value is -1.83. The van der Waals surface area contributed by atoms with Crippen molar-refractivity contribution in [3.8, 4) is 0 Å². The molecular weight excluding hydrogens is 259 g/mol. The summed E-state index contributed by atoms with van der Waals surface area (Å²) < 4.78 is 37.7. The van der Waals surface area contributed by atoms with Crippen molar-refractivity contribution in [2.75, 3.05) is 12.1 Å². The van der Waals surface area contributed by atoms with Gasteiger partial charge in [-0.3, -0.25) is 5.43 Å². The summed E-state index contributed by atoms with van der Waals surface area (Å²) in [6.45, 7) is 3.98. The highest BCUT2D eigenvalue weighted by molar-refractivity contribution is 5.37. The topological polar surface area (TPSA) is 44.3 Å². The highest BCUT2D eigenvalue weighted by Crippen LogP contribution is 2.28. The van der Waals surface area contributed by atoms with Gasteiger partial charge >= 0.3 is 6.18 Å². The minimum absolute atomic E-state index is 0.179. The van der Waals surface area contributed by atoms with Crippen molar-refractivity contribution in [3.05, 3.63) is 29.9 Å². The van der Waals surface area contributed by atoms with Crippen LogP contribution < -0.4 is 10.4 Å². The fourth-order valence-electron chi connectivity index (χ4n) is 1.54. The van der Waals surface area contributed by atoms with Crippen LogP contribution in [0.4, 0.5) is 19.1 Å². The van der Waals surface area contributed by atoms with Gasteiger partial charge in [0.15, 0.2) is 5.70 Å². The SMILES string of the molecule is CC(C)c1cnc(N2C=C(C(F)(F)F)NN2C)nc1. The summed E-state index contributed by atoms with van der Waals surface area (Å²) >= 11 is 0. The highest BCUT2D eigenvalue weighted by Gasteiger charge is 2.39. The molecule has 0 aliphatic carbocycles. The van der Waals surface area contributed by atoms with E-state index in [1.807, 2.05) is 13.8 Å². The van der Waals surface area contributed by atoms with Crippen LogP contribution in [-0.4, -0.2) is 28.3 Å². The van der Waals surface area contributed by atoms with E-state index in [-0.39, 0.29) is 11.9 Å². The molecule has 0 saturated carbocycles. The summed E-state index contributed by atoms with van der Waals surface area (Å²) in [5.41, 5.74) is 2.27. The maximum Gasteiger partial charge on any atom is 0.433 e. The van der Waals surface area contributed by atoms with Gasteiger partial charge in [-0.1, -0.05) is 13.8 Å². The van der Waals surface area contributed by atoms with E-state index >= 15 is 0 Å². The third-order valence-electron chi connectivity index (χ3n) is 2.69. The second-order valence-corrected chi connectivity index (χ2v) is 4.49. The number of halogens is 3.